The van der Waals surface area contributed by atoms with Crippen molar-refractivity contribution in [3.05, 3.63) is 35.6 Å². The fourth-order valence-electron chi connectivity index (χ4n) is 3.63. The molecule has 0 aliphatic heterocycles. The summed E-state index contributed by atoms with van der Waals surface area (Å²) in [5, 5.41) is 3.53. The van der Waals surface area contributed by atoms with Gasteiger partial charge in [-0.25, -0.2) is 4.39 Å². The molecule has 1 nitrogen and oxygen atoms in total. The molecule has 3 rings (SSSR count). The lowest BCUT2D eigenvalue weighted by molar-refractivity contribution is 0.318. The molecule has 2 heteroatoms. The van der Waals surface area contributed by atoms with Crippen molar-refractivity contribution in [3.63, 3.8) is 0 Å². The highest BCUT2D eigenvalue weighted by Crippen LogP contribution is 2.47. The highest BCUT2D eigenvalue weighted by atomic mass is 19.1. The van der Waals surface area contributed by atoms with Crippen molar-refractivity contribution in [2.45, 2.75) is 32.2 Å². The lowest BCUT2D eigenvalue weighted by atomic mass is 9.89. The van der Waals surface area contributed by atoms with Crippen LogP contribution in [0.4, 0.5) is 4.39 Å². The fraction of sp³-hybridized carbons (Fsp3) is 0.600. The van der Waals surface area contributed by atoms with Crippen LogP contribution in [-0.4, -0.2) is 6.54 Å². The van der Waals surface area contributed by atoms with Crippen LogP contribution in [0.5, 0.6) is 0 Å². The van der Waals surface area contributed by atoms with Crippen LogP contribution in [-0.2, 0) is 6.54 Å². The summed E-state index contributed by atoms with van der Waals surface area (Å²) in [4.78, 5) is 0. The minimum atomic E-state index is -0.151. The summed E-state index contributed by atoms with van der Waals surface area (Å²) in [6, 6.07) is 6.80. The van der Waals surface area contributed by atoms with Gasteiger partial charge in [-0.1, -0.05) is 18.6 Å². The number of fused-ring (bicyclic) bond motifs is 2. The van der Waals surface area contributed by atoms with Gasteiger partial charge < -0.3 is 5.32 Å². The monoisotopic (exact) mass is 233 g/mol. The Kier molecular flexibility index (Phi) is 3.15. The molecule has 0 saturated heterocycles. The van der Waals surface area contributed by atoms with Gasteiger partial charge in [0.2, 0.25) is 0 Å². The Morgan fingerprint density at radius 2 is 1.94 bits per heavy atom. The molecule has 92 valence electrons. The second kappa shape index (κ2) is 4.77. The molecule has 0 amide bonds. The standard InChI is InChI=1S/C15H20FN/c16-15-5-2-11(3-6-15)9-17-10-14-8-12-1-4-13(14)7-12/h2-3,5-6,12-14,17H,1,4,7-10H2. The Morgan fingerprint density at radius 3 is 2.59 bits per heavy atom. The summed E-state index contributed by atoms with van der Waals surface area (Å²) in [7, 11) is 0. The van der Waals surface area contributed by atoms with Gasteiger partial charge in [-0.05, 0) is 61.3 Å². The minimum Gasteiger partial charge on any atom is -0.312 e. The molecule has 3 unspecified atom stereocenters. The van der Waals surface area contributed by atoms with Gasteiger partial charge in [-0.2, -0.15) is 0 Å². The summed E-state index contributed by atoms with van der Waals surface area (Å²) >= 11 is 0. The highest BCUT2D eigenvalue weighted by Gasteiger charge is 2.38. The van der Waals surface area contributed by atoms with Gasteiger partial charge in [-0.15, -0.1) is 0 Å². The summed E-state index contributed by atoms with van der Waals surface area (Å²) in [6.07, 6.45) is 5.83. The number of hydrogen-bond donors (Lipinski definition) is 1. The van der Waals surface area contributed by atoms with Gasteiger partial charge in [0, 0.05) is 6.54 Å². The van der Waals surface area contributed by atoms with E-state index < -0.39 is 0 Å². The first-order valence-corrected chi connectivity index (χ1v) is 6.76. The highest BCUT2D eigenvalue weighted by molar-refractivity contribution is 5.15. The lowest BCUT2D eigenvalue weighted by Gasteiger charge is -2.21. The Balaban J connectivity index is 1.45. The first kappa shape index (κ1) is 11.2. The molecular weight excluding hydrogens is 213 g/mol. The van der Waals surface area contributed by atoms with Crippen molar-refractivity contribution in [2.75, 3.05) is 6.54 Å². The SMILES string of the molecule is Fc1ccc(CNCC2CC3CCC2C3)cc1. The molecule has 0 aromatic heterocycles. The van der Waals surface area contributed by atoms with E-state index in [1.807, 2.05) is 12.1 Å². The zero-order valence-corrected chi connectivity index (χ0v) is 10.2. The van der Waals surface area contributed by atoms with E-state index in [1.54, 1.807) is 0 Å². The summed E-state index contributed by atoms with van der Waals surface area (Å²) in [5.74, 6) is 2.76. The predicted molar refractivity (Wildman–Crippen MR) is 67.0 cm³/mol. The van der Waals surface area contributed by atoms with Crippen molar-refractivity contribution in [3.8, 4) is 0 Å². The summed E-state index contributed by atoms with van der Waals surface area (Å²) in [6.45, 7) is 2.01. The van der Waals surface area contributed by atoms with Crippen LogP contribution in [0.15, 0.2) is 24.3 Å². The number of hydrogen-bond acceptors (Lipinski definition) is 1. The zero-order chi connectivity index (χ0) is 11.7. The van der Waals surface area contributed by atoms with Crippen molar-refractivity contribution in [2.24, 2.45) is 17.8 Å². The first-order chi connectivity index (χ1) is 8.31. The summed E-state index contributed by atoms with van der Waals surface area (Å²) in [5.41, 5.74) is 1.18. The Hall–Kier alpha value is -0.890. The third-order valence-corrected chi connectivity index (χ3v) is 4.53. The molecule has 0 heterocycles. The molecule has 2 aliphatic carbocycles. The average Bonchev–Trinajstić information content (AvgIpc) is 2.94. The van der Waals surface area contributed by atoms with E-state index in [-0.39, 0.29) is 5.82 Å². The van der Waals surface area contributed by atoms with Gasteiger partial charge in [0.05, 0.1) is 0 Å². The number of benzene rings is 1. The maximum Gasteiger partial charge on any atom is 0.123 e. The van der Waals surface area contributed by atoms with E-state index in [0.717, 1.165) is 30.8 Å². The van der Waals surface area contributed by atoms with E-state index in [9.17, 15) is 4.39 Å². The van der Waals surface area contributed by atoms with Gasteiger partial charge in [0.1, 0.15) is 5.82 Å². The Labute approximate surface area is 102 Å². The zero-order valence-electron chi connectivity index (χ0n) is 10.2. The van der Waals surface area contributed by atoms with Crippen LogP contribution < -0.4 is 5.32 Å². The van der Waals surface area contributed by atoms with Gasteiger partial charge >= 0.3 is 0 Å². The smallest absolute Gasteiger partial charge is 0.123 e. The van der Waals surface area contributed by atoms with Crippen LogP contribution in [0.1, 0.15) is 31.2 Å². The van der Waals surface area contributed by atoms with E-state index in [0.29, 0.717) is 0 Å². The molecule has 17 heavy (non-hydrogen) atoms. The van der Waals surface area contributed by atoms with Crippen LogP contribution in [0, 0.1) is 23.6 Å². The number of rotatable bonds is 4. The van der Waals surface area contributed by atoms with E-state index in [2.05, 4.69) is 5.32 Å². The number of halogens is 1. The largest absolute Gasteiger partial charge is 0.312 e. The van der Waals surface area contributed by atoms with Crippen molar-refractivity contribution in [1.29, 1.82) is 0 Å². The average molecular weight is 233 g/mol. The fourth-order valence-corrected chi connectivity index (χ4v) is 3.63. The van der Waals surface area contributed by atoms with Crippen molar-refractivity contribution in [1.82, 2.24) is 5.32 Å². The Morgan fingerprint density at radius 1 is 1.12 bits per heavy atom. The molecule has 1 aromatic rings. The van der Waals surface area contributed by atoms with Gasteiger partial charge in [-0.3, -0.25) is 0 Å². The predicted octanol–water partition coefficient (Wildman–Crippen LogP) is 3.35. The van der Waals surface area contributed by atoms with Crippen LogP contribution in [0.25, 0.3) is 0 Å². The Bertz CT molecular complexity index is 373. The van der Waals surface area contributed by atoms with Gasteiger partial charge in [0.15, 0.2) is 0 Å². The van der Waals surface area contributed by atoms with Crippen molar-refractivity contribution >= 4 is 0 Å². The maximum absolute atomic E-state index is 12.7. The second-order valence-corrected chi connectivity index (χ2v) is 5.69. The van der Waals surface area contributed by atoms with Crippen LogP contribution in [0.3, 0.4) is 0 Å². The van der Waals surface area contributed by atoms with Gasteiger partial charge in [0.25, 0.3) is 0 Å². The molecule has 1 aromatic carbocycles. The first-order valence-electron chi connectivity index (χ1n) is 6.76. The molecule has 3 atom stereocenters. The third kappa shape index (κ3) is 2.52. The summed E-state index contributed by atoms with van der Waals surface area (Å²) < 4.78 is 12.7. The quantitative estimate of drug-likeness (QED) is 0.841. The molecule has 0 spiro atoms. The minimum absolute atomic E-state index is 0.151. The van der Waals surface area contributed by atoms with E-state index in [4.69, 9.17) is 0 Å². The van der Waals surface area contributed by atoms with E-state index >= 15 is 0 Å². The van der Waals surface area contributed by atoms with Crippen molar-refractivity contribution < 1.29 is 4.39 Å². The van der Waals surface area contributed by atoms with Crippen LogP contribution in [0.2, 0.25) is 0 Å². The van der Waals surface area contributed by atoms with Crippen LogP contribution >= 0.6 is 0 Å². The molecule has 2 saturated carbocycles. The molecule has 0 radical (unpaired) electrons. The lowest BCUT2D eigenvalue weighted by Crippen LogP contribution is -2.26. The molecule has 1 N–H and O–H groups in total. The molecule has 2 fully saturated rings. The second-order valence-electron chi connectivity index (χ2n) is 5.69. The van der Waals surface area contributed by atoms with E-state index in [1.165, 1.54) is 43.4 Å². The normalized spacial score (nSPS) is 31.0. The third-order valence-electron chi connectivity index (χ3n) is 4.53. The maximum atomic E-state index is 12.7. The molecular formula is C15H20FN. The molecule has 2 bridgehead atoms. The topological polar surface area (TPSA) is 12.0 Å². The number of nitrogens with one attached hydrogen (secondary N) is 1. The molecule has 2 aliphatic rings.